The van der Waals surface area contributed by atoms with Crippen LogP contribution in [0, 0.1) is 0 Å². The highest BCUT2D eigenvalue weighted by atomic mass is 16.4. The largest absolute Gasteiger partial charge is 0.478 e. The van der Waals surface area contributed by atoms with E-state index >= 15 is 0 Å². The molecule has 0 saturated carbocycles. The van der Waals surface area contributed by atoms with Crippen molar-refractivity contribution in [3.8, 4) is 0 Å². The first-order valence-electron chi connectivity index (χ1n) is 5.39. The van der Waals surface area contributed by atoms with E-state index in [4.69, 9.17) is 5.11 Å². The number of hydrogen-bond donors (Lipinski definition) is 3. The summed E-state index contributed by atoms with van der Waals surface area (Å²) in [5.41, 5.74) is 0.171. The van der Waals surface area contributed by atoms with Crippen molar-refractivity contribution in [2.45, 2.75) is 0 Å². The molecule has 1 heterocycles. The molecule has 0 bridgehead atoms. The molecule has 0 aliphatic carbocycles. The molecule has 18 heavy (non-hydrogen) atoms. The number of aromatic carboxylic acids is 1. The lowest BCUT2D eigenvalue weighted by Gasteiger charge is -2.12. The van der Waals surface area contributed by atoms with Gasteiger partial charge in [0.15, 0.2) is 0 Å². The molecule has 7 nitrogen and oxygen atoms in total. The molecule has 0 aromatic carbocycles. The maximum absolute atomic E-state index is 11.2. The van der Waals surface area contributed by atoms with E-state index in [0.29, 0.717) is 18.9 Å². The fourth-order valence-corrected chi connectivity index (χ4v) is 1.18. The SMILES string of the molecule is CN(C)C(=O)NCCNc1cc(C(=O)O)ccn1. The fourth-order valence-electron chi connectivity index (χ4n) is 1.18. The number of carboxylic acid groups (broad SMARTS) is 1. The first kappa shape index (κ1) is 13.8. The summed E-state index contributed by atoms with van der Waals surface area (Å²) in [5.74, 6) is -0.532. The normalized spacial score (nSPS) is 9.67. The zero-order valence-corrected chi connectivity index (χ0v) is 10.3. The van der Waals surface area contributed by atoms with E-state index in [1.807, 2.05) is 0 Å². The van der Waals surface area contributed by atoms with E-state index in [0.717, 1.165) is 0 Å². The maximum atomic E-state index is 11.2. The molecular formula is C11H16N4O3. The smallest absolute Gasteiger partial charge is 0.335 e. The zero-order valence-electron chi connectivity index (χ0n) is 10.3. The lowest BCUT2D eigenvalue weighted by atomic mass is 10.2. The van der Waals surface area contributed by atoms with Gasteiger partial charge in [0.25, 0.3) is 0 Å². The Morgan fingerprint density at radius 1 is 1.39 bits per heavy atom. The zero-order chi connectivity index (χ0) is 13.5. The van der Waals surface area contributed by atoms with Crippen molar-refractivity contribution in [2.75, 3.05) is 32.5 Å². The number of carbonyl (C=O) groups excluding carboxylic acids is 1. The van der Waals surface area contributed by atoms with Crippen LogP contribution >= 0.6 is 0 Å². The van der Waals surface area contributed by atoms with Crippen LogP contribution in [0.1, 0.15) is 10.4 Å². The van der Waals surface area contributed by atoms with Crippen molar-refractivity contribution < 1.29 is 14.7 Å². The van der Waals surface area contributed by atoms with Crippen molar-refractivity contribution in [3.63, 3.8) is 0 Å². The predicted molar refractivity (Wildman–Crippen MR) is 66.8 cm³/mol. The molecule has 0 aliphatic rings. The Hall–Kier alpha value is -2.31. The van der Waals surface area contributed by atoms with E-state index in [9.17, 15) is 9.59 Å². The fraction of sp³-hybridized carbons (Fsp3) is 0.364. The van der Waals surface area contributed by atoms with Crippen LogP contribution in [0.3, 0.4) is 0 Å². The number of carboxylic acids is 1. The van der Waals surface area contributed by atoms with Crippen LogP contribution in [-0.4, -0.2) is 54.2 Å². The number of urea groups is 1. The van der Waals surface area contributed by atoms with Gasteiger partial charge in [-0.15, -0.1) is 0 Å². The summed E-state index contributed by atoms with van der Waals surface area (Å²) in [4.78, 5) is 27.3. The molecule has 0 aliphatic heterocycles. The summed E-state index contributed by atoms with van der Waals surface area (Å²) in [7, 11) is 3.31. The molecule has 3 N–H and O–H groups in total. The number of hydrogen-bond acceptors (Lipinski definition) is 4. The van der Waals surface area contributed by atoms with Gasteiger partial charge >= 0.3 is 12.0 Å². The van der Waals surface area contributed by atoms with E-state index in [1.54, 1.807) is 14.1 Å². The van der Waals surface area contributed by atoms with Crippen LogP contribution in [0.25, 0.3) is 0 Å². The summed E-state index contributed by atoms with van der Waals surface area (Å²) in [5, 5.41) is 14.4. The molecule has 1 aromatic rings. The highest BCUT2D eigenvalue weighted by Gasteiger charge is 2.04. The minimum atomic E-state index is -0.999. The van der Waals surface area contributed by atoms with Gasteiger partial charge in [0.2, 0.25) is 0 Å². The van der Waals surface area contributed by atoms with Gasteiger partial charge in [-0.2, -0.15) is 0 Å². The van der Waals surface area contributed by atoms with Crippen LogP contribution in [0.15, 0.2) is 18.3 Å². The third-order valence-corrected chi connectivity index (χ3v) is 2.12. The number of carbonyl (C=O) groups is 2. The predicted octanol–water partition coefficient (Wildman–Crippen LogP) is 0.463. The summed E-state index contributed by atoms with van der Waals surface area (Å²) in [6.07, 6.45) is 1.42. The molecule has 0 atom stereocenters. The first-order valence-corrected chi connectivity index (χ1v) is 5.39. The minimum absolute atomic E-state index is 0.171. The Labute approximate surface area is 105 Å². The van der Waals surface area contributed by atoms with E-state index in [-0.39, 0.29) is 11.6 Å². The lowest BCUT2D eigenvalue weighted by molar-refractivity contribution is 0.0697. The average molecular weight is 252 g/mol. The number of rotatable bonds is 5. The number of pyridine rings is 1. The second-order valence-corrected chi connectivity index (χ2v) is 3.79. The summed E-state index contributed by atoms with van der Waals surface area (Å²) < 4.78 is 0. The molecule has 2 amide bonds. The van der Waals surface area contributed by atoms with Crippen molar-refractivity contribution in [1.82, 2.24) is 15.2 Å². The molecule has 0 radical (unpaired) electrons. The van der Waals surface area contributed by atoms with Crippen LogP contribution < -0.4 is 10.6 Å². The molecule has 1 aromatic heterocycles. The standard InChI is InChI=1S/C11H16N4O3/c1-15(2)11(18)14-6-5-13-9-7-8(10(16)17)3-4-12-9/h3-4,7H,5-6H2,1-2H3,(H,12,13)(H,14,18)(H,16,17). The summed E-state index contributed by atoms with van der Waals surface area (Å²) in [6.45, 7) is 0.894. The quantitative estimate of drug-likeness (QED) is 0.662. The van der Waals surface area contributed by atoms with E-state index in [2.05, 4.69) is 15.6 Å². The topological polar surface area (TPSA) is 94.6 Å². The maximum Gasteiger partial charge on any atom is 0.335 e. The molecular weight excluding hydrogens is 236 g/mol. The van der Waals surface area contributed by atoms with Gasteiger partial charge in [-0.25, -0.2) is 14.6 Å². The average Bonchev–Trinajstić information content (AvgIpc) is 2.34. The van der Waals surface area contributed by atoms with Crippen molar-refractivity contribution >= 4 is 17.8 Å². The number of amides is 2. The third kappa shape index (κ3) is 4.28. The molecule has 0 unspecified atom stereocenters. The Morgan fingerprint density at radius 2 is 2.11 bits per heavy atom. The monoisotopic (exact) mass is 252 g/mol. The second kappa shape index (κ2) is 6.43. The highest BCUT2D eigenvalue weighted by molar-refractivity contribution is 5.88. The number of nitrogens with zero attached hydrogens (tertiary/aromatic N) is 2. The molecule has 7 heteroatoms. The van der Waals surface area contributed by atoms with Gasteiger partial charge in [0, 0.05) is 33.4 Å². The Kier molecular flexibility index (Phi) is 4.91. The van der Waals surface area contributed by atoms with Crippen LogP contribution in [0.4, 0.5) is 10.6 Å². The minimum Gasteiger partial charge on any atom is -0.478 e. The van der Waals surface area contributed by atoms with Gasteiger partial charge in [-0.3, -0.25) is 0 Å². The molecule has 0 spiro atoms. The summed E-state index contributed by atoms with van der Waals surface area (Å²) >= 11 is 0. The first-order chi connectivity index (χ1) is 8.50. The van der Waals surface area contributed by atoms with Gasteiger partial charge in [0.1, 0.15) is 5.82 Å². The summed E-state index contributed by atoms with van der Waals surface area (Å²) in [6, 6.07) is 2.68. The molecule has 98 valence electrons. The third-order valence-electron chi connectivity index (χ3n) is 2.12. The van der Waals surface area contributed by atoms with Gasteiger partial charge in [-0.1, -0.05) is 0 Å². The van der Waals surface area contributed by atoms with Crippen LogP contribution in [0.2, 0.25) is 0 Å². The Bertz CT molecular complexity index is 434. The van der Waals surface area contributed by atoms with E-state index < -0.39 is 5.97 Å². The number of aromatic nitrogens is 1. The van der Waals surface area contributed by atoms with Crippen LogP contribution in [-0.2, 0) is 0 Å². The van der Waals surface area contributed by atoms with Gasteiger partial charge < -0.3 is 20.6 Å². The molecule has 0 saturated heterocycles. The Balaban J connectivity index is 2.38. The highest BCUT2D eigenvalue weighted by Crippen LogP contribution is 2.05. The Morgan fingerprint density at radius 3 is 2.72 bits per heavy atom. The number of nitrogens with one attached hydrogen (secondary N) is 2. The van der Waals surface area contributed by atoms with Gasteiger partial charge in [0.05, 0.1) is 5.56 Å². The lowest BCUT2D eigenvalue weighted by Crippen LogP contribution is -2.37. The van der Waals surface area contributed by atoms with Crippen molar-refractivity contribution in [1.29, 1.82) is 0 Å². The van der Waals surface area contributed by atoms with E-state index in [1.165, 1.54) is 23.2 Å². The molecule has 0 fully saturated rings. The molecule has 1 rings (SSSR count). The van der Waals surface area contributed by atoms with Crippen LogP contribution in [0.5, 0.6) is 0 Å². The van der Waals surface area contributed by atoms with Crippen molar-refractivity contribution in [2.24, 2.45) is 0 Å². The van der Waals surface area contributed by atoms with Gasteiger partial charge in [-0.05, 0) is 12.1 Å². The second-order valence-electron chi connectivity index (χ2n) is 3.79. The van der Waals surface area contributed by atoms with Crippen molar-refractivity contribution in [3.05, 3.63) is 23.9 Å². The number of anilines is 1.